The second-order valence-corrected chi connectivity index (χ2v) is 11.1. The Hall–Kier alpha value is -6.88. The van der Waals surface area contributed by atoms with Gasteiger partial charge in [-0.1, -0.05) is 30.8 Å². The highest BCUT2D eigenvalue weighted by molar-refractivity contribution is 6.15. The summed E-state index contributed by atoms with van der Waals surface area (Å²) in [5.41, 5.74) is 3.89. The molecule has 0 aliphatic heterocycles. The molecule has 0 N–H and O–H groups in total. The summed E-state index contributed by atoms with van der Waals surface area (Å²) in [5, 5.41) is 39.3. The van der Waals surface area contributed by atoms with E-state index in [0.717, 1.165) is 24.3 Å². The number of nitrogens with zero attached hydrogens (tertiary/aromatic N) is 4. The third-order valence-corrected chi connectivity index (χ3v) is 8.43. The Labute approximate surface area is 275 Å². The number of allylic oxidation sites excluding steroid dienone is 9. The van der Waals surface area contributed by atoms with Gasteiger partial charge in [-0.25, -0.2) is 26.3 Å². The van der Waals surface area contributed by atoms with E-state index in [4.69, 9.17) is 0 Å². The molecule has 6 rings (SSSR count). The van der Waals surface area contributed by atoms with Crippen molar-refractivity contribution < 1.29 is 26.3 Å². The van der Waals surface area contributed by atoms with Gasteiger partial charge < -0.3 is 0 Å². The zero-order valence-corrected chi connectivity index (χ0v) is 25.1. The summed E-state index contributed by atoms with van der Waals surface area (Å²) in [6.45, 7) is 5.80. The van der Waals surface area contributed by atoms with E-state index in [2.05, 4.69) is 6.58 Å². The van der Waals surface area contributed by atoms with Gasteiger partial charge in [-0.05, 0) is 116 Å². The van der Waals surface area contributed by atoms with Crippen LogP contribution in [-0.4, -0.2) is 0 Å². The van der Waals surface area contributed by atoms with E-state index in [1.54, 1.807) is 25.1 Å². The molecule has 4 nitrogen and oxygen atoms in total. The Morgan fingerprint density at radius 1 is 0.551 bits per heavy atom. The average Bonchev–Trinajstić information content (AvgIpc) is 3.52. The number of nitriles is 4. The van der Waals surface area contributed by atoms with Crippen LogP contribution >= 0.6 is 0 Å². The molecule has 0 fully saturated rings. The third kappa shape index (κ3) is 5.10. The van der Waals surface area contributed by atoms with Gasteiger partial charge in [-0.2, -0.15) is 21.0 Å². The lowest BCUT2D eigenvalue weighted by Gasteiger charge is -2.10. The number of hydrogen-bond donors (Lipinski definition) is 0. The number of benzene rings is 4. The maximum atomic E-state index is 14.1. The van der Waals surface area contributed by atoms with Crippen molar-refractivity contribution in [1.29, 1.82) is 21.0 Å². The first-order valence-electron chi connectivity index (χ1n) is 14.2. The molecule has 0 unspecified atom stereocenters. The first-order chi connectivity index (χ1) is 23.4. The van der Waals surface area contributed by atoms with E-state index in [1.807, 2.05) is 24.3 Å². The molecule has 0 aromatic heterocycles. The molecule has 4 aromatic carbocycles. The van der Waals surface area contributed by atoms with E-state index in [-0.39, 0.29) is 50.1 Å². The number of rotatable bonds is 3. The van der Waals surface area contributed by atoms with E-state index < -0.39 is 34.9 Å². The third-order valence-electron chi connectivity index (χ3n) is 8.43. The predicted octanol–water partition coefficient (Wildman–Crippen LogP) is 9.90. The zero-order chi connectivity index (χ0) is 35.3. The number of fused-ring (bicyclic) bond motifs is 2. The van der Waals surface area contributed by atoms with Crippen LogP contribution in [-0.2, 0) is 0 Å². The summed E-state index contributed by atoms with van der Waals surface area (Å²) >= 11 is 0. The summed E-state index contributed by atoms with van der Waals surface area (Å²) in [4.78, 5) is 0. The predicted molar refractivity (Wildman–Crippen MR) is 170 cm³/mol. The highest BCUT2D eigenvalue weighted by Gasteiger charge is 2.32. The lowest BCUT2D eigenvalue weighted by atomic mass is 9.94. The van der Waals surface area contributed by atoms with Crippen molar-refractivity contribution in [1.82, 2.24) is 0 Å². The molecule has 0 bridgehead atoms. The van der Waals surface area contributed by atoms with Gasteiger partial charge in [0.1, 0.15) is 35.4 Å². The first-order valence-corrected chi connectivity index (χ1v) is 14.2. The SMILES string of the molecule is C=C1C(=C(C#N)C#N)c2cc(-c3cc(F)c(F)c(F)c3)ccc2/C1=C/C1=C(C)C(=C(C#N)C#N)c2cc(-c3cc(F)c(F)c(F)c3)ccc21. The molecule has 4 aromatic rings. The van der Waals surface area contributed by atoms with Crippen LogP contribution in [0.25, 0.3) is 44.5 Å². The van der Waals surface area contributed by atoms with Crippen molar-refractivity contribution in [3.05, 3.63) is 153 Å². The first kappa shape index (κ1) is 32.1. The van der Waals surface area contributed by atoms with Gasteiger partial charge in [0, 0.05) is 11.1 Å². The van der Waals surface area contributed by atoms with Crippen molar-refractivity contribution >= 4 is 22.3 Å². The van der Waals surface area contributed by atoms with Crippen molar-refractivity contribution in [3.63, 3.8) is 0 Å². The van der Waals surface area contributed by atoms with Crippen LogP contribution in [0.3, 0.4) is 0 Å². The fourth-order valence-electron chi connectivity index (χ4n) is 6.15. The molecular formula is C39H16F6N4. The zero-order valence-electron chi connectivity index (χ0n) is 25.1. The Morgan fingerprint density at radius 2 is 0.959 bits per heavy atom. The van der Waals surface area contributed by atoms with E-state index in [1.165, 1.54) is 24.3 Å². The van der Waals surface area contributed by atoms with E-state index >= 15 is 0 Å². The van der Waals surface area contributed by atoms with Crippen molar-refractivity contribution in [2.45, 2.75) is 6.92 Å². The highest BCUT2D eigenvalue weighted by Crippen LogP contribution is 2.51. The van der Waals surface area contributed by atoms with Crippen LogP contribution in [0, 0.1) is 80.2 Å². The van der Waals surface area contributed by atoms with E-state index in [0.29, 0.717) is 39.0 Å². The monoisotopic (exact) mass is 654 g/mol. The largest absolute Gasteiger partial charge is 0.204 e. The average molecular weight is 655 g/mol. The minimum Gasteiger partial charge on any atom is -0.204 e. The number of halogens is 6. The molecule has 2 aliphatic rings. The van der Waals surface area contributed by atoms with Gasteiger partial charge in [-0.15, -0.1) is 0 Å². The smallest absolute Gasteiger partial charge is 0.194 e. The molecule has 2 aliphatic carbocycles. The van der Waals surface area contributed by atoms with E-state index in [9.17, 15) is 47.4 Å². The molecule has 0 saturated heterocycles. The van der Waals surface area contributed by atoms with Crippen LogP contribution in [0.1, 0.15) is 29.2 Å². The Bertz CT molecular complexity index is 2450. The standard InChI is InChI=1S/C39H16F6N4/c1-18-28(26-5-3-20(7-30(26)36(18)24(14-46)15-47)22-9-32(40)38(44)33(41)10-22)13-29-19(2)37(25(16-48)17-49)31-8-21(4-6-27(29)31)23-11-34(42)39(45)35(43)12-23/h3-13H,1H2,2H3/b28-13+. The quantitative estimate of drug-likeness (QED) is 0.125. The fraction of sp³-hybridized carbons (Fsp3) is 0.0256. The van der Waals surface area contributed by atoms with Crippen molar-refractivity contribution in [3.8, 4) is 46.5 Å². The summed E-state index contributed by atoms with van der Waals surface area (Å²) in [7, 11) is 0. The summed E-state index contributed by atoms with van der Waals surface area (Å²) in [6.07, 6.45) is 1.70. The topological polar surface area (TPSA) is 95.2 Å². The molecule has 0 heterocycles. The molecule has 0 atom stereocenters. The minimum atomic E-state index is -1.63. The summed E-state index contributed by atoms with van der Waals surface area (Å²) in [5.74, 6) is -8.84. The molecule has 0 spiro atoms. The Morgan fingerprint density at radius 3 is 1.41 bits per heavy atom. The normalized spacial score (nSPS) is 13.9. The van der Waals surface area contributed by atoms with Gasteiger partial charge >= 0.3 is 0 Å². The van der Waals surface area contributed by atoms with Crippen LogP contribution in [0.5, 0.6) is 0 Å². The van der Waals surface area contributed by atoms with Crippen molar-refractivity contribution in [2.75, 3.05) is 0 Å². The second-order valence-electron chi connectivity index (χ2n) is 11.1. The Balaban J connectivity index is 1.58. The van der Waals surface area contributed by atoms with Crippen LogP contribution in [0.15, 0.2) is 95.6 Å². The molecular weight excluding hydrogens is 638 g/mol. The molecule has 234 valence electrons. The van der Waals surface area contributed by atoms with Gasteiger partial charge in [0.05, 0.1) is 0 Å². The molecule has 10 heteroatoms. The number of hydrogen-bond acceptors (Lipinski definition) is 4. The lowest BCUT2D eigenvalue weighted by molar-refractivity contribution is 0.447. The van der Waals surface area contributed by atoms with Gasteiger partial charge in [-0.3, -0.25) is 0 Å². The maximum Gasteiger partial charge on any atom is 0.194 e. The lowest BCUT2D eigenvalue weighted by Crippen LogP contribution is -1.94. The molecule has 0 amide bonds. The maximum absolute atomic E-state index is 14.1. The molecule has 49 heavy (non-hydrogen) atoms. The highest BCUT2D eigenvalue weighted by atomic mass is 19.2. The fourth-order valence-corrected chi connectivity index (χ4v) is 6.15. The Kier molecular flexibility index (Phi) is 7.89. The van der Waals surface area contributed by atoms with Crippen LogP contribution < -0.4 is 0 Å². The molecule has 0 saturated carbocycles. The van der Waals surface area contributed by atoms with Crippen LogP contribution in [0.2, 0.25) is 0 Å². The van der Waals surface area contributed by atoms with Gasteiger partial charge in [0.2, 0.25) is 0 Å². The summed E-state index contributed by atoms with van der Waals surface area (Å²) in [6, 6.07) is 20.1. The second kappa shape index (κ2) is 12.0. The minimum absolute atomic E-state index is 0.00682. The van der Waals surface area contributed by atoms with Gasteiger partial charge in [0.15, 0.2) is 34.9 Å². The van der Waals surface area contributed by atoms with Crippen molar-refractivity contribution in [2.24, 2.45) is 0 Å². The van der Waals surface area contributed by atoms with Crippen LogP contribution in [0.4, 0.5) is 26.3 Å². The van der Waals surface area contributed by atoms with Gasteiger partial charge in [0.25, 0.3) is 0 Å². The molecule has 0 radical (unpaired) electrons. The summed E-state index contributed by atoms with van der Waals surface area (Å²) < 4.78 is 83.8.